The second-order valence-corrected chi connectivity index (χ2v) is 7.34. The SMILES string of the molecule is C=C(CC(=O)Nc1ccc(NC(C)=O)cc1)NNC(=O)COc1ccc(C)cc1Br. The zero-order chi connectivity index (χ0) is 22.1. The first-order chi connectivity index (χ1) is 14.2. The number of carbonyl (C=O) groups excluding carboxylic acids is 3. The first-order valence-electron chi connectivity index (χ1n) is 9.02. The molecule has 0 unspecified atom stereocenters. The Morgan fingerprint density at radius 2 is 1.60 bits per heavy atom. The summed E-state index contributed by atoms with van der Waals surface area (Å²) in [7, 11) is 0. The Balaban J connectivity index is 1.71. The van der Waals surface area contributed by atoms with Gasteiger partial charge >= 0.3 is 0 Å². The molecule has 0 fully saturated rings. The number of hydrogen-bond donors (Lipinski definition) is 4. The molecule has 0 saturated heterocycles. The van der Waals surface area contributed by atoms with Crippen LogP contribution in [0.2, 0.25) is 0 Å². The van der Waals surface area contributed by atoms with Gasteiger partial charge in [0.15, 0.2) is 6.61 Å². The lowest BCUT2D eigenvalue weighted by Crippen LogP contribution is -2.40. The highest BCUT2D eigenvalue weighted by molar-refractivity contribution is 9.10. The third kappa shape index (κ3) is 7.96. The number of amides is 3. The minimum atomic E-state index is -0.419. The first-order valence-corrected chi connectivity index (χ1v) is 9.81. The summed E-state index contributed by atoms with van der Waals surface area (Å²) >= 11 is 3.38. The minimum absolute atomic E-state index is 0.0436. The molecule has 0 spiro atoms. The Morgan fingerprint density at radius 3 is 2.20 bits per heavy atom. The van der Waals surface area contributed by atoms with Gasteiger partial charge in [0.05, 0.1) is 10.9 Å². The van der Waals surface area contributed by atoms with Crippen LogP contribution in [0.5, 0.6) is 5.75 Å². The van der Waals surface area contributed by atoms with Crippen LogP contribution in [0, 0.1) is 6.92 Å². The number of ether oxygens (including phenoxy) is 1. The van der Waals surface area contributed by atoms with E-state index in [1.54, 1.807) is 30.3 Å². The molecule has 158 valence electrons. The van der Waals surface area contributed by atoms with E-state index < -0.39 is 5.91 Å². The largest absolute Gasteiger partial charge is 0.483 e. The summed E-state index contributed by atoms with van der Waals surface area (Å²) in [5.41, 5.74) is 7.61. The van der Waals surface area contributed by atoms with E-state index in [0.29, 0.717) is 22.8 Å². The van der Waals surface area contributed by atoms with Gasteiger partial charge in [-0.05, 0) is 64.8 Å². The van der Waals surface area contributed by atoms with Crippen LogP contribution in [0.25, 0.3) is 0 Å². The molecule has 2 aromatic rings. The monoisotopic (exact) mass is 474 g/mol. The predicted octanol–water partition coefficient (Wildman–Crippen LogP) is 3.26. The fraction of sp³-hybridized carbons (Fsp3) is 0.190. The Labute approximate surface area is 183 Å². The summed E-state index contributed by atoms with van der Waals surface area (Å²) in [6.07, 6.45) is -0.0436. The molecule has 0 saturated carbocycles. The van der Waals surface area contributed by atoms with E-state index in [9.17, 15) is 14.4 Å². The van der Waals surface area contributed by atoms with Crippen LogP contribution in [-0.2, 0) is 14.4 Å². The molecule has 0 aliphatic rings. The summed E-state index contributed by atoms with van der Waals surface area (Å²) in [6.45, 7) is 6.88. The normalized spacial score (nSPS) is 9.97. The molecule has 0 radical (unpaired) electrons. The second-order valence-electron chi connectivity index (χ2n) is 6.48. The molecule has 0 heterocycles. The van der Waals surface area contributed by atoms with Crippen LogP contribution < -0.4 is 26.2 Å². The summed E-state index contributed by atoms with van der Waals surface area (Å²) in [5.74, 6) is -0.349. The van der Waals surface area contributed by atoms with Crippen LogP contribution in [0.1, 0.15) is 18.9 Å². The Kier molecular flexibility index (Phi) is 8.42. The number of hydrazine groups is 1. The smallest absolute Gasteiger partial charge is 0.276 e. The van der Waals surface area contributed by atoms with Gasteiger partial charge in [0, 0.05) is 24.0 Å². The van der Waals surface area contributed by atoms with Crippen molar-refractivity contribution in [3.05, 3.63) is 64.8 Å². The van der Waals surface area contributed by atoms with Gasteiger partial charge in [-0.25, -0.2) is 0 Å². The summed E-state index contributed by atoms with van der Waals surface area (Å²) in [5, 5.41) is 5.35. The Hall–Kier alpha value is -3.33. The van der Waals surface area contributed by atoms with E-state index in [1.165, 1.54) is 6.92 Å². The average molecular weight is 475 g/mol. The van der Waals surface area contributed by atoms with Crippen LogP contribution >= 0.6 is 15.9 Å². The molecule has 0 aliphatic carbocycles. The van der Waals surface area contributed by atoms with Gasteiger partial charge in [0.25, 0.3) is 5.91 Å². The number of rotatable bonds is 9. The Bertz CT molecular complexity index is 945. The summed E-state index contributed by atoms with van der Waals surface area (Å²) < 4.78 is 6.20. The molecule has 3 amide bonds. The third-order valence-corrected chi connectivity index (χ3v) is 4.31. The van der Waals surface area contributed by atoms with Crippen molar-refractivity contribution in [3.63, 3.8) is 0 Å². The highest BCUT2D eigenvalue weighted by atomic mass is 79.9. The molecule has 0 aliphatic heterocycles. The number of carbonyl (C=O) groups is 3. The number of hydrogen-bond acceptors (Lipinski definition) is 5. The van der Waals surface area contributed by atoms with Crippen molar-refractivity contribution in [2.75, 3.05) is 17.2 Å². The van der Waals surface area contributed by atoms with Gasteiger partial charge in [-0.2, -0.15) is 0 Å². The third-order valence-electron chi connectivity index (χ3n) is 3.69. The van der Waals surface area contributed by atoms with Crippen molar-refractivity contribution in [2.24, 2.45) is 0 Å². The maximum Gasteiger partial charge on any atom is 0.276 e. The van der Waals surface area contributed by atoms with Gasteiger partial charge in [-0.1, -0.05) is 12.6 Å². The molecular weight excluding hydrogens is 452 g/mol. The number of nitrogens with one attached hydrogen (secondary N) is 4. The maximum absolute atomic E-state index is 12.1. The van der Waals surface area contributed by atoms with E-state index in [1.807, 2.05) is 19.1 Å². The molecule has 2 aromatic carbocycles. The molecule has 2 rings (SSSR count). The molecule has 0 aromatic heterocycles. The maximum atomic E-state index is 12.1. The predicted molar refractivity (Wildman–Crippen MR) is 119 cm³/mol. The molecule has 0 bridgehead atoms. The van der Waals surface area contributed by atoms with E-state index >= 15 is 0 Å². The highest BCUT2D eigenvalue weighted by Gasteiger charge is 2.08. The lowest BCUT2D eigenvalue weighted by molar-refractivity contribution is -0.124. The molecule has 9 heteroatoms. The van der Waals surface area contributed by atoms with E-state index in [4.69, 9.17) is 4.74 Å². The lowest BCUT2D eigenvalue weighted by atomic mass is 10.2. The van der Waals surface area contributed by atoms with Crippen molar-refractivity contribution in [2.45, 2.75) is 20.3 Å². The summed E-state index contributed by atoms with van der Waals surface area (Å²) in [4.78, 5) is 35.0. The van der Waals surface area contributed by atoms with Crippen molar-refractivity contribution in [1.29, 1.82) is 0 Å². The van der Waals surface area contributed by atoms with Crippen LogP contribution in [0.15, 0.2) is 59.2 Å². The number of anilines is 2. The number of halogens is 1. The van der Waals surface area contributed by atoms with Gasteiger partial charge in [-0.3, -0.25) is 19.8 Å². The van der Waals surface area contributed by atoms with E-state index in [-0.39, 0.29) is 24.8 Å². The van der Waals surface area contributed by atoms with Crippen LogP contribution in [0.3, 0.4) is 0 Å². The van der Waals surface area contributed by atoms with Crippen molar-refractivity contribution < 1.29 is 19.1 Å². The summed E-state index contributed by atoms with van der Waals surface area (Å²) in [6, 6.07) is 12.2. The van der Waals surface area contributed by atoms with E-state index in [0.717, 1.165) is 10.0 Å². The van der Waals surface area contributed by atoms with Crippen LogP contribution in [-0.4, -0.2) is 24.3 Å². The zero-order valence-corrected chi connectivity index (χ0v) is 18.3. The first kappa shape index (κ1) is 23.0. The number of aryl methyl sites for hydroxylation is 1. The quantitative estimate of drug-likeness (QED) is 0.417. The molecule has 4 N–H and O–H groups in total. The van der Waals surface area contributed by atoms with Crippen LogP contribution in [0.4, 0.5) is 11.4 Å². The fourth-order valence-corrected chi connectivity index (χ4v) is 2.95. The van der Waals surface area contributed by atoms with Crippen molar-refractivity contribution in [1.82, 2.24) is 10.9 Å². The average Bonchev–Trinajstić information content (AvgIpc) is 2.66. The van der Waals surface area contributed by atoms with Gasteiger partial charge in [0.1, 0.15) is 5.75 Å². The topological polar surface area (TPSA) is 109 Å². The Morgan fingerprint density at radius 1 is 0.967 bits per heavy atom. The fourth-order valence-electron chi connectivity index (χ4n) is 2.34. The second kappa shape index (κ2) is 11.0. The standard InChI is InChI=1S/C21H23BrN4O4/c1-13-4-9-19(18(22)10-13)30-12-21(29)26-25-14(2)11-20(28)24-17-7-5-16(6-8-17)23-15(3)27/h4-10,25H,2,11-12H2,1,3H3,(H,23,27)(H,24,28)(H,26,29). The van der Waals surface area contributed by atoms with E-state index in [2.05, 4.69) is 44.0 Å². The highest BCUT2D eigenvalue weighted by Crippen LogP contribution is 2.25. The minimum Gasteiger partial charge on any atom is -0.483 e. The lowest BCUT2D eigenvalue weighted by Gasteiger charge is -2.13. The van der Waals surface area contributed by atoms with Gasteiger partial charge < -0.3 is 20.8 Å². The molecular formula is C21H23BrN4O4. The molecule has 0 atom stereocenters. The zero-order valence-electron chi connectivity index (χ0n) is 16.7. The molecule has 8 nitrogen and oxygen atoms in total. The molecule has 30 heavy (non-hydrogen) atoms. The number of benzene rings is 2. The van der Waals surface area contributed by atoms with Gasteiger partial charge in [0.2, 0.25) is 11.8 Å². The van der Waals surface area contributed by atoms with Crippen molar-refractivity contribution >= 4 is 45.0 Å². The van der Waals surface area contributed by atoms with Crippen molar-refractivity contribution in [3.8, 4) is 5.75 Å². The van der Waals surface area contributed by atoms with Gasteiger partial charge in [-0.15, -0.1) is 0 Å².